The highest BCUT2D eigenvalue weighted by Crippen LogP contribution is 2.50. The van der Waals surface area contributed by atoms with Crippen molar-refractivity contribution < 1.29 is 13.2 Å². The van der Waals surface area contributed by atoms with Crippen LogP contribution in [0.25, 0.3) is 0 Å². The molecule has 118 valence electrons. The number of fused-ring (bicyclic) bond motifs is 3. The minimum absolute atomic E-state index is 0.000515. The van der Waals surface area contributed by atoms with Crippen LogP contribution in [-0.2, 0) is 6.18 Å². The maximum absolute atomic E-state index is 13.0. The van der Waals surface area contributed by atoms with Crippen LogP contribution in [0.1, 0.15) is 35.2 Å². The van der Waals surface area contributed by atoms with Gasteiger partial charge in [0.1, 0.15) is 0 Å². The first-order valence-electron chi connectivity index (χ1n) is 7.59. The van der Waals surface area contributed by atoms with Crippen molar-refractivity contribution in [3.63, 3.8) is 0 Å². The lowest BCUT2D eigenvalue weighted by atomic mass is 9.77. The number of benzene rings is 1. The number of nitrogens with zero attached hydrogens (tertiary/aromatic N) is 1. The Morgan fingerprint density at radius 3 is 2.74 bits per heavy atom. The Hall–Kier alpha value is -2.30. The molecule has 0 saturated heterocycles. The van der Waals surface area contributed by atoms with Crippen LogP contribution in [0.4, 0.5) is 18.9 Å². The van der Waals surface area contributed by atoms with Gasteiger partial charge in [-0.3, -0.25) is 4.98 Å². The predicted molar refractivity (Wildman–Crippen MR) is 82.0 cm³/mol. The number of nitrogens with one attached hydrogen (secondary N) is 1. The average Bonchev–Trinajstić information content (AvgIpc) is 3.03. The van der Waals surface area contributed by atoms with E-state index in [1.165, 1.54) is 12.1 Å². The molecule has 4 rings (SSSR count). The second-order valence-electron chi connectivity index (χ2n) is 6.03. The normalized spacial score (nSPS) is 25.6. The number of hydrogen-bond donors (Lipinski definition) is 1. The van der Waals surface area contributed by atoms with Crippen molar-refractivity contribution in [3.05, 3.63) is 71.6 Å². The van der Waals surface area contributed by atoms with Crippen molar-refractivity contribution in [2.24, 2.45) is 5.92 Å². The Kier molecular flexibility index (Phi) is 3.18. The lowest BCUT2D eigenvalue weighted by molar-refractivity contribution is -0.137. The molecule has 1 aliphatic carbocycles. The van der Waals surface area contributed by atoms with E-state index in [0.29, 0.717) is 0 Å². The van der Waals surface area contributed by atoms with E-state index >= 15 is 0 Å². The Labute approximate surface area is 132 Å². The fraction of sp³-hybridized carbons (Fsp3) is 0.278. The molecule has 5 heteroatoms. The summed E-state index contributed by atoms with van der Waals surface area (Å²) in [5.41, 5.74) is 1.83. The summed E-state index contributed by atoms with van der Waals surface area (Å²) in [5, 5.41) is 3.39. The van der Waals surface area contributed by atoms with E-state index in [1.807, 2.05) is 24.3 Å². The number of anilines is 1. The molecule has 0 unspecified atom stereocenters. The molecule has 0 saturated carbocycles. The van der Waals surface area contributed by atoms with Crippen LogP contribution in [0.3, 0.4) is 0 Å². The zero-order valence-corrected chi connectivity index (χ0v) is 12.2. The number of hydrogen-bond acceptors (Lipinski definition) is 2. The third-order valence-electron chi connectivity index (χ3n) is 4.70. The van der Waals surface area contributed by atoms with Crippen molar-refractivity contribution in [2.45, 2.75) is 24.6 Å². The highest BCUT2D eigenvalue weighted by molar-refractivity contribution is 5.60. The van der Waals surface area contributed by atoms with Gasteiger partial charge in [-0.05, 0) is 48.2 Å². The molecule has 1 aromatic carbocycles. The predicted octanol–water partition coefficient (Wildman–Crippen LogP) is 4.93. The Bertz CT molecular complexity index is 753. The Morgan fingerprint density at radius 2 is 2.00 bits per heavy atom. The van der Waals surface area contributed by atoms with Gasteiger partial charge in [-0.25, -0.2) is 0 Å². The molecule has 2 heterocycles. The molecule has 2 aromatic rings. The van der Waals surface area contributed by atoms with E-state index in [2.05, 4.69) is 16.4 Å². The summed E-state index contributed by atoms with van der Waals surface area (Å²) in [4.78, 5) is 4.42. The summed E-state index contributed by atoms with van der Waals surface area (Å²) >= 11 is 0. The van der Waals surface area contributed by atoms with E-state index in [9.17, 15) is 13.2 Å². The fourth-order valence-corrected chi connectivity index (χ4v) is 3.62. The van der Waals surface area contributed by atoms with E-state index in [4.69, 9.17) is 0 Å². The monoisotopic (exact) mass is 316 g/mol. The van der Waals surface area contributed by atoms with Crippen LogP contribution in [0.15, 0.2) is 54.7 Å². The third kappa shape index (κ3) is 2.40. The van der Waals surface area contributed by atoms with Gasteiger partial charge in [0, 0.05) is 17.8 Å². The summed E-state index contributed by atoms with van der Waals surface area (Å²) < 4.78 is 39.0. The fourth-order valence-electron chi connectivity index (χ4n) is 3.62. The number of alkyl halides is 3. The van der Waals surface area contributed by atoms with Gasteiger partial charge >= 0.3 is 6.18 Å². The van der Waals surface area contributed by atoms with Gasteiger partial charge in [0.2, 0.25) is 0 Å². The third-order valence-corrected chi connectivity index (χ3v) is 4.70. The number of pyridine rings is 1. The average molecular weight is 316 g/mol. The molecule has 0 bridgehead atoms. The van der Waals surface area contributed by atoms with Gasteiger partial charge in [0.05, 0.1) is 17.3 Å². The molecular formula is C18H15F3N2. The molecule has 0 radical (unpaired) electrons. The van der Waals surface area contributed by atoms with E-state index in [-0.39, 0.29) is 17.9 Å². The van der Waals surface area contributed by atoms with E-state index < -0.39 is 11.7 Å². The Morgan fingerprint density at radius 1 is 1.13 bits per heavy atom. The molecule has 3 atom stereocenters. The highest BCUT2D eigenvalue weighted by Gasteiger charge is 2.40. The summed E-state index contributed by atoms with van der Waals surface area (Å²) in [6.45, 7) is 0. The topological polar surface area (TPSA) is 24.9 Å². The van der Waals surface area contributed by atoms with Gasteiger partial charge < -0.3 is 5.32 Å². The van der Waals surface area contributed by atoms with E-state index in [0.717, 1.165) is 29.4 Å². The Balaban J connectivity index is 1.78. The van der Waals surface area contributed by atoms with Crippen LogP contribution >= 0.6 is 0 Å². The molecule has 1 N–H and O–H groups in total. The molecule has 0 fully saturated rings. The van der Waals surface area contributed by atoms with Gasteiger partial charge in [-0.1, -0.05) is 18.2 Å². The zero-order chi connectivity index (χ0) is 16.0. The van der Waals surface area contributed by atoms with Crippen LogP contribution in [-0.4, -0.2) is 4.98 Å². The van der Waals surface area contributed by atoms with Crippen LogP contribution in [0, 0.1) is 5.92 Å². The largest absolute Gasteiger partial charge is 0.416 e. The number of halogens is 3. The summed E-state index contributed by atoms with van der Waals surface area (Å²) in [5.74, 6) is 0.196. The lowest BCUT2D eigenvalue weighted by Crippen LogP contribution is -2.30. The number of aromatic nitrogens is 1. The number of allylic oxidation sites excluding steroid dienone is 2. The van der Waals surface area contributed by atoms with Crippen molar-refractivity contribution in [1.29, 1.82) is 0 Å². The molecule has 2 aliphatic rings. The molecule has 0 amide bonds. The molecule has 1 aliphatic heterocycles. The van der Waals surface area contributed by atoms with Gasteiger partial charge in [0.15, 0.2) is 0 Å². The first-order chi connectivity index (χ1) is 11.0. The SMILES string of the molecule is FC(F)(F)c1ccc2c(c1)[C@@H]1C=CC[C@H]1[C@H](c1ccccn1)N2. The quantitative estimate of drug-likeness (QED) is 0.755. The first-order valence-corrected chi connectivity index (χ1v) is 7.59. The maximum Gasteiger partial charge on any atom is 0.416 e. The minimum Gasteiger partial charge on any atom is -0.376 e. The lowest BCUT2D eigenvalue weighted by Gasteiger charge is -2.37. The smallest absolute Gasteiger partial charge is 0.376 e. The summed E-state index contributed by atoms with van der Waals surface area (Å²) in [6.07, 6.45) is 2.36. The van der Waals surface area contributed by atoms with Crippen molar-refractivity contribution >= 4 is 5.69 Å². The van der Waals surface area contributed by atoms with Crippen molar-refractivity contribution in [1.82, 2.24) is 4.98 Å². The number of rotatable bonds is 1. The standard InChI is InChI=1S/C18H15F3N2/c19-18(20,21)11-7-8-15-14(10-11)12-4-3-5-13(12)17(23-15)16-6-1-2-9-22-16/h1-4,6-10,12-13,17,23H,5H2/t12-,13-,17-/m1/s1. The van der Waals surface area contributed by atoms with Crippen LogP contribution < -0.4 is 5.32 Å². The second-order valence-corrected chi connectivity index (χ2v) is 6.03. The van der Waals surface area contributed by atoms with Crippen LogP contribution in [0.5, 0.6) is 0 Å². The zero-order valence-electron chi connectivity index (χ0n) is 12.2. The van der Waals surface area contributed by atoms with Gasteiger partial charge in [0.25, 0.3) is 0 Å². The molecule has 23 heavy (non-hydrogen) atoms. The molecule has 2 nitrogen and oxygen atoms in total. The van der Waals surface area contributed by atoms with Crippen LogP contribution in [0.2, 0.25) is 0 Å². The molecular weight excluding hydrogens is 301 g/mol. The van der Waals surface area contributed by atoms with Gasteiger partial charge in [-0.15, -0.1) is 0 Å². The van der Waals surface area contributed by atoms with E-state index in [1.54, 1.807) is 6.20 Å². The maximum atomic E-state index is 13.0. The first kappa shape index (κ1) is 14.3. The molecule has 0 spiro atoms. The van der Waals surface area contributed by atoms with Gasteiger partial charge in [-0.2, -0.15) is 13.2 Å². The van der Waals surface area contributed by atoms with Crippen molar-refractivity contribution in [2.75, 3.05) is 5.32 Å². The summed E-state index contributed by atoms with van der Waals surface area (Å²) in [6, 6.07) is 9.73. The highest BCUT2D eigenvalue weighted by atomic mass is 19.4. The minimum atomic E-state index is -4.31. The second kappa shape index (κ2) is 5.11. The molecule has 1 aromatic heterocycles. The van der Waals surface area contributed by atoms with Crippen molar-refractivity contribution in [3.8, 4) is 0 Å². The summed E-state index contributed by atoms with van der Waals surface area (Å²) in [7, 11) is 0.